The Morgan fingerprint density at radius 3 is 2.80 bits per heavy atom. The number of nitriles is 1. The molecule has 2 heteroatoms. The number of nitrogens with zero attached hydrogens (tertiary/aromatic N) is 1. The predicted octanol–water partition coefficient (Wildman–Crippen LogP) is 3.05. The fourth-order valence-corrected chi connectivity index (χ4v) is 1.81. The zero-order valence-corrected chi connectivity index (χ0v) is 8.57. The summed E-state index contributed by atoms with van der Waals surface area (Å²) in [5, 5.41) is 8.45. The van der Waals surface area contributed by atoms with Crippen LogP contribution in [0.25, 0.3) is 0 Å². The molecule has 1 aliphatic rings. The van der Waals surface area contributed by atoms with E-state index < -0.39 is 0 Å². The molecule has 0 saturated heterocycles. The molecule has 0 aromatic heterocycles. The van der Waals surface area contributed by atoms with Crippen LogP contribution in [0.2, 0.25) is 0 Å². The summed E-state index contributed by atoms with van der Waals surface area (Å²) in [5.74, 6) is 0.700. The first-order valence-electron chi connectivity index (χ1n) is 5.32. The predicted molar refractivity (Wildman–Crippen MR) is 57.6 cm³/mol. The van der Waals surface area contributed by atoms with E-state index >= 15 is 0 Å². The molecule has 0 radical (unpaired) electrons. The Morgan fingerprint density at radius 1 is 1.40 bits per heavy atom. The van der Waals surface area contributed by atoms with Crippen LogP contribution in [0.4, 0.5) is 0 Å². The Bertz CT molecular complexity index is 413. The van der Waals surface area contributed by atoms with Crippen molar-refractivity contribution in [2.24, 2.45) is 0 Å². The Kier molecular flexibility index (Phi) is 2.82. The van der Waals surface area contributed by atoms with Crippen molar-refractivity contribution in [2.45, 2.75) is 31.6 Å². The average molecular weight is 199 g/mol. The molecule has 0 bridgehead atoms. The van der Waals surface area contributed by atoms with Gasteiger partial charge >= 0.3 is 0 Å². The lowest BCUT2D eigenvalue weighted by molar-refractivity contribution is 0.0983. The molecule has 1 aromatic carbocycles. The Morgan fingerprint density at radius 2 is 2.13 bits per heavy atom. The van der Waals surface area contributed by atoms with Gasteiger partial charge in [-0.15, -0.1) is 0 Å². The first kappa shape index (κ1) is 9.92. The van der Waals surface area contributed by atoms with Gasteiger partial charge in [0.15, 0.2) is 5.78 Å². The molecule has 2 nitrogen and oxygen atoms in total. The molecule has 0 aliphatic heterocycles. The molecule has 76 valence electrons. The van der Waals surface area contributed by atoms with E-state index in [1.807, 2.05) is 30.3 Å². The molecule has 1 saturated carbocycles. The summed E-state index contributed by atoms with van der Waals surface area (Å²) in [6.07, 6.45) is 3.06. The van der Waals surface area contributed by atoms with Gasteiger partial charge in [0, 0.05) is 18.4 Å². The quantitative estimate of drug-likeness (QED) is 0.699. The maximum absolute atomic E-state index is 11.8. The van der Waals surface area contributed by atoms with Crippen LogP contribution in [0.5, 0.6) is 0 Å². The molecule has 0 heterocycles. The van der Waals surface area contributed by atoms with Crippen molar-refractivity contribution in [1.82, 2.24) is 0 Å². The summed E-state index contributed by atoms with van der Waals surface area (Å²) >= 11 is 0. The molecule has 1 fully saturated rings. The van der Waals surface area contributed by atoms with E-state index in [4.69, 9.17) is 5.26 Å². The van der Waals surface area contributed by atoms with E-state index in [1.54, 1.807) is 0 Å². The average Bonchev–Trinajstić information content (AvgIpc) is 3.09. The van der Waals surface area contributed by atoms with Crippen LogP contribution in [0.15, 0.2) is 24.3 Å². The molecule has 1 aliphatic carbocycles. The lowest BCUT2D eigenvalue weighted by Crippen LogP contribution is -2.02. The van der Waals surface area contributed by atoms with Crippen LogP contribution in [0.3, 0.4) is 0 Å². The summed E-state index contributed by atoms with van der Waals surface area (Å²) in [6.45, 7) is 0. The van der Waals surface area contributed by atoms with E-state index in [2.05, 4.69) is 0 Å². The van der Waals surface area contributed by atoms with Crippen LogP contribution in [-0.4, -0.2) is 5.78 Å². The van der Waals surface area contributed by atoms with Gasteiger partial charge in [-0.3, -0.25) is 4.79 Å². The van der Waals surface area contributed by atoms with Gasteiger partial charge in [0.1, 0.15) is 0 Å². The van der Waals surface area contributed by atoms with Crippen molar-refractivity contribution >= 4 is 5.78 Å². The van der Waals surface area contributed by atoms with Gasteiger partial charge in [-0.2, -0.15) is 5.26 Å². The minimum absolute atomic E-state index is 0.110. The van der Waals surface area contributed by atoms with Crippen LogP contribution >= 0.6 is 0 Å². The molecule has 2 rings (SSSR count). The number of Topliss-reactive ketones (excluding diaryl/α,β-unsaturated/α-hetero) is 1. The van der Waals surface area contributed by atoms with Gasteiger partial charge in [-0.05, 0) is 24.3 Å². The van der Waals surface area contributed by atoms with E-state index in [0.29, 0.717) is 18.8 Å². The zero-order chi connectivity index (χ0) is 10.7. The maximum atomic E-state index is 11.8. The summed E-state index contributed by atoms with van der Waals surface area (Å²) in [5.41, 5.74) is 2.01. The number of benzene rings is 1. The van der Waals surface area contributed by atoms with Gasteiger partial charge in [-0.25, -0.2) is 0 Å². The lowest BCUT2D eigenvalue weighted by atomic mass is 9.98. The Balaban J connectivity index is 2.19. The highest BCUT2D eigenvalue weighted by Gasteiger charge is 2.27. The fourth-order valence-electron chi connectivity index (χ4n) is 1.81. The second-order valence-corrected chi connectivity index (χ2v) is 3.94. The van der Waals surface area contributed by atoms with Gasteiger partial charge in [-0.1, -0.05) is 24.3 Å². The number of carbonyl (C=O) groups is 1. The van der Waals surface area contributed by atoms with Crippen molar-refractivity contribution < 1.29 is 4.79 Å². The minimum Gasteiger partial charge on any atom is -0.294 e. The number of rotatable bonds is 4. The van der Waals surface area contributed by atoms with Gasteiger partial charge < -0.3 is 0 Å². The number of ketones is 1. The highest BCUT2D eigenvalue weighted by Crippen LogP contribution is 2.41. The van der Waals surface area contributed by atoms with Crippen LogP contribution in [0, 0.1) is 11.3 Å². The van der Waals surface area contributed by atoms with Crippen LogP contribution < -0.4 is 0 Å². The first-order chi connectivity index (χ1) is 7.33. The third-order valence-corrected chi connectivity index (χ3v) is 2.74. The third kappa shape index (κ3) is 2.24. The highest BCUT2D eigenvalue weighted by atomic mass is 16.1. The number of hydrogen-bond acceptors (Lipinski definition) is 2. The zero-order valence-electron chi connectivity index (χ0n) is 8.57. The second-order valence-electron chi connectivity index (χ2n) is 3.94. The molecular formula is C13H13NO. The van der Waals surface area contributed by atoms with E-state index in [1.165, 1.54) is 18.4 Å². The molecule has 1 aromatic rings. The normalized spacial score (nSPS) is 14.6. The first-order valence-corrected chi connectivity index (χ1v) is 5.32. The highest BCUT2D eigenvalue weighted by molar-refractivity contribution is 5.97. The standard InChI is InChI=1S/C13H13NO/c14-9-3-6-13(15)12-5-2-1-4-11(12)10-7-8-10/h1-2,4-5,10H,3,6-8H2. The fraction of sp³-hybridized carbons (Fsp3) is 0.385. The smallest absolute Gasteiger partial charge is 0.164 e. The van der Waals surface area contributed by atoms with E-state index in [-0.39, 0.29) is 5.78 Å². The topological polar surface area (TPSA) is 40.9 Å². The summed E-state index contributed by atoms with van der Waals surface area (Å²) < 4.78 is 0. The number of carbonyl (C=O) groups excluding carboxylic acids is 1. The van der Waals surface area contributed by atoms with Crippen molar-refractivity contribution in [1.29, 1.82) is 5.26 Å². The molecule has 0 unspecified atom stereocenters. The molecule has 15 heavy (non-hydrogen) atoms. The molecule has 0 spiro atoms. The lowest BCUT2D eigenvalue weighted by Gasteiger charge is -2.05. The largest absolute Gasteiger partial charge is 0.294 e. The second kappa shape index (κ2) is 4.27. The minimum atomic E-state index is 0.110. The summed E-state index contributed by atoms with van der Waals surface area (Å²) in [7, 11) is 0. The molecular weight excluding hydrogens is 186 g/mol. The van der Waals surface area contributed by atoms with Crippen LogP contribution in [0.1, 0.15) is 47.5 Å². The summed E-state index contributed by atoms with van der Waals surface area (Å²) in [6, 6.07) is 9.81. The van der Waals surface area contributed by atoms with Crippen LogP contribution in [-0.2, 0) is 0 Å². The Hall–Kier alpha value is -1.62. The van der Waals surface area contributed by atoms with Crippen molar-refractivity contribution in [2.75, 3.05) is 0 Å². The van der Waals surface area contributed by atoms with Crippen molar-refractivity contribution in [3.8, 4) is 6.07 Å². The van der Waals surface area contributed by atoms with Crippen molar-refractivity contribution in [3.63, 3.8) is 0 Å². The Labute approximate surface area is 89.5 Å². The van der Waals surface area contributed by atoms with Gasteiger partial charge in [0.2, 0.25) is 0 Å². The molecule has 0 atom stereocenters. The third-order valence-electron chi connectivity index (χ3n) is 2.74. The van der Waals surface area contributed by atoms with E-state index in [9.17, 15) is 4.79 Å². The molecule has 0 amide bonds. The van der Waals surface area contributed by atoms with Gasteiger partial charge in [0.05, 0.1) is 6.07 Å². The monoisotopic (exact) mass is 199 g/mol. The van der Waals surface area contributed by atoms with E-state index in [0.717, 1.165) is 5.56 Å². The maximum Gasteiger partial charge on any atom is 0.164 e. The summed E-state index contributed by atoms with van der Waals surface area (Å²) in [4.78, 5) is 11.8. The number of hydrogen-bond donors (Lipinski definition) is 0. The molecule has 0 N–H and O–H groups in total. The van der Waals surface area contributed by atoms with Crippen molar-refractivity contribution in [3.05, 3.63) is 35.4 Å². The van der Waals surface area contributed by atoms with Gasteiger partial charge in [0.25, 0.3) is 0 Å². The SMILES string of the molecule is N#CCCC(=O)c1ccccc1C1CC1.